The van der Waals surface area contributed by atoms with Crippen molar-refractivity contribution in [2.24, 2.45) is 17.8 Å². The largest absolute Gasteiger partial charge is 0.158 e. The third-order valence-electron chi connectivity index (χ3n) is 10.7. The van der Waals surface area contributed by atoms with Crippen molar-refractivity contribution < 1.29 is 0 Å². The minimum atomic E-state index is -1.68. The number of benzene rings is 5. The Morgan fingerprint density at radius 2 is 0.915 bits per heavy atom. The molecule has 8 rings (SSSR count). The van der Waals surface area contributed by atoms with Gasteiger partial charge in [0.1, 0.15) is 0 Å². The average molecular weight is 629 g/mol. The summed E-state index contributed by atoms with van der Waals surface area (Å²) in [7, 11) is -1.68. The highest BCUT2D eigenvalue weighted by Gasteiger charge is 2.45. The van der Waals surface area contributed by atoms with Crippen molar-refractivity contribution in [1.29, 1.82) is 0 Å². The van der Waals surface area contributed by atoms with Crippen LogP contribution < -0.4 is 0 Å². The van der Waals surface area contributed by atoms with E-state index in [4.69, 9.17) is 0 Å². The van der Waals surface area contributed by atoms with Gasteiger partial charge in [0.2, 0.25) is 0 Å². The molecule has 1 heterocycles. The highest BCUT2D eigenvalue weighted by molar-refractivity contribution is 8.48. The summed E-state index contributed by atoms with van der Waals surface area (Å²) >= 11 is 0. The molecule has 1 saturated carbocycles. The molecule has 0 radical (unpaired) electrons. The van der Waals surface area contributed by atoms with Crippen LogP contribution in [0, 0.1) is 17.8 Å². The summed E-state index contributed by atoms with van der Waals surface area (Å²) in [5, 5.41) is 0. The van der Waals surface area contributed by atoms with E-state index in [0.29, 0.717) is 0 Å². The lowest BCUT2D eigenvalue weighted by molar-refractivity contribution is 0.398. The SMILES string of the molecule is C1=CC2CC1CC2CCCCCS1(c2ccccc2)C(c2ccccc2)=C(c2ccccc2)C(c2ccccc2)=C1c1ccccc1. The Morgan fingerprint density at radius 1 is 0.447 bits per heavy atom. The molecule has 0 saturated heterocycles. The topological polar surface area (TPSA) is 0 Å². The molecule has 47 heavy (non-hydrogen) atoms. The number of hydrogen-bond acceptors (Lipinski definition) is 0. The lowest BCUT2D eigenvalue weighted by atomic mass is 9.89. The predicted molar refractivity (Wildman–Crippen MR) is 204 cm³/mol. The zero-order chi connectivity index (χ0) is 31.5. The quantitative estimate of drug-likeness (QED) is 0.101. The lowest BCUT2D eigenvalue weighted by Gasteiger charge is -2.43. The smallest absolute Gasteiger partial charge is 0.0140 e. The van der Waals surface area contributed by atoms with Crippen LogP contribution in [0.4, 0.5) is 0 Å². The van der Waals surface area contributed by atoms with Crippen molar-refractivity contribution in [2.75, 3.05) is 5.75 Å². The summed E-state index contributed by atoms with van der Waals surface area (Å²) in [6.07, 6.45) is 13.1. The Labute approximate surface area is 282 Å². The summed E-state index contributed by atoms with van der Waals surface area (Å²) < 4.78 is 0. The minimum Gasteiger partial charge on any atom is -0.158 e. The van der Waals surface area contributed by atoms with E-state index in [1.807, 2.05) is 0 Å². The van der Waals surface area contributed by atoms with Crippen LogP contribution in [-0.2, 0) is 0 Å². The van der Waals surface area contributed by atoms with Gasteiger partial charge in [-0.15, -0.1) is 0 Å². The fourth-order valence-electron chi connectivity index (χ4n) is 8.65. The highest BCUT2D eigenvalue weighted by Crippen LogP contribution is 2.81. The first kappa shape index (κ1) is 30.0. The summed E-state index contributed by atoms with van der Waals surface area (Å²) in [6, 6.07) is 56.7. The Bertz CT molecular complexity index is 1790. The van der Waals surface area contributed by atoms with E-state index < -0.39 is 10.0 Å². The summed E-state index contributed by atoms with van der Waals surface area (Å²) in [5.41, 5.74) is 8.09. The Balaban J connectivity index is 1.34. The molecule has 0 amide bonds. The second kappa shape index (κ2) is 13.4. The Hall–Kier alpha value is -4.33. The van der Waals surface area contributed by atoms with Gasteiger partial charge < -0.3 is 0 Å². The molecule has 1 heteroatoms. The number of allylic oxidation sites excluding steroid dienone is 4. The molecular formula is C46H44S. The second-order valence-corrected chi connectivity index (χ2v) is 16.7. The number of unbranched alkanes of at least 4 members (excludes halogenated alkanes) is 2. The molecule has 3 atom stereocenters. The van der Waals surface area contributed by atoms with Crippen molar-refractivity contribution in [1.82, 2.24) is 0 Å². The number of hydrogen-bond donors (Lipinski definition) is 0. The van der Waals surface area contributed by atoms with E-state index in [1.165, 1.54) is 86.6 Å². The molecule has 5 aromatic carbocycles. The van der Waals surface area contributed by atoms with Crippen molar-refractivity contribution in [3.63, 3.8) is 0 Å². The summed E-state index contributed by atoms with van der Waals surface area (Å²) in [5.74, 6) is 3.76. The molecule has 1 fully saturated rings. The van der Waals surface area contributed by atoms with E-state index in [0.717, 1.165) is 23.5 Å². The maximum absolute atomic E-state index is 2.52. The van der Waals surface area contributed by atoms with Crippen LogP contribution in [0.1, 0.15) is 60.8 Å². The monoisotopic (exact) mass is 628 g/mol. The zero-order valence-corrected chi connectivity index (χ0v) is 28.0. The van der Waals surface area contributed by atoms with E-state index in [-0.39, 0.29) is 0 Å². The first-order valence-corrected chi connectivity index (χ1v) is 19.4. The van der Waals surface area contributed by atoms with Crippen LogP contribution >= 0.6 is 10.0 Å². The standard InChI is InChI=1S/C46H44S/c1-7-19-36(20-8-1)43-44(37-21-9-2-10-22-37)46(39-25-13-4-14-26-39)47(42-28-16-5-17-29-42,45(43)38-23-11-3-12-24-38)32-18-6-15-27-40-33-35-30-31-41(40)34-35/h1-5,7-14,16-17,19-26,28-31,35,40-41H,6,15,18,27,32-34H2. The van der Waals surface area contributed by atoms with Crippen LogP contribution in [0.3, 0.4) is 0 Å². The fourth-order valence-corrected chi connectivity index (χ4v) is 13.4. The maximum atomic E-state index is 2.52. The molecule has 2 aliphatic carbocycles. The van der Waals surface area contributed by atoms with Crippen LogP contribution in [0.15, 0.2) is 169 Å². The Kier molecular flexibility index (Phi) is 8.57. The number of rotatable bonds is 11. The third-order valence-corrected chi connectivity index (χ3v) is 14.9. The van der Waals surface area contributed by atoms with Gasteiger partial charge in [0.25, 0.3) is 0 Å². The van der Waals surface area contributed by atoms with Gasteiger partial charge in [-0.25, -0.2) is 0 Å². The van der Waals surface area contributed by atoms with Crippen molar-refractivity contribution >= 4 is 31.0 Å². The summed E-state index contributed by atoms with van der Waals surface area (Å²) in [4.78, 5) is 4.51. The van der Waals surface area contributed by atoms with Gasteiger partial charge in [0.15, 0.2) is 0 Å². The van der Waals surface area contributed by atoms with Crippen LogP contribution in [0.25, 0.3) is 21.0 Å². The first-order chi connectivity index (χ1) is 23.3. The second-order valence-electron chi connectivity index (χ2n) is 13.5. The molecule has 234 valence electrons. The summed E-state index contributed by atoms with van der Waals surface area (Å²) in [6.45, 7) is 0. The third kappa shape index (κ3) is 5.66. The minimum absolute atomic E-state index is 0.846. The highest BCUT2D eigenvalue weighted by atomic mass is 32.3. The van der Waals surface area contributed by atoms with Gasteiger partial charge in [-0.3, -0.25) is 0 Å². The molecule has 0 aromatic heterocycles. The van der Waals surface area contributed by atoms with E-state index in [2.05, 4.69) is 164 Å². The van der Waals surface area contributed by atoms with E-state index in [9.17, 15) is 0 Å². The molecule has 0 nitrogen and oxygen atoms in total. The normalized spacial score (nSPS) is 21.8. The molecule has 1 aliphatic heterocycles. The first-order valence-electron chi connectivity index (χ1n) is 17.6. The van der Waals surface area contributed by atoms with Crippen LogP contribution in [0.5, 0.6) is 0 Å². The molecular weight excluding hydrogens is 585 g/mol. The van der Waals surface area contributed by atoms with Gasteiger partial charge in [0.05, 0.1) is 0 Å². The van der Waals surface area contributed by atoms with E-state index in [1.54, 1.807) is 0 Å². The molecule has 2 bridgehead atoms. The van der Waals surface area contributed by atoms with Gasteiger partial charge in [-0.05, 0) is 88.5 Å². The van der Waals surface area contributed by atoms with Crippen LogP contribution in [-0.4, -0.2) is 5.75 Å². The molecule has 5 aromatic rings. The maximum Gasteiger partial charge on any atom is 0.0140 e. The Morgan fingerprint density at radius 3 is 1.36 bits per heavy atom. The fraction of sp³-hybridized carbons (Fsp3) is 0.217. The van der Waals surface area contributed by atoms with E-state index >= 15 is 0 Å². The van der Waals surface area contributed by atoms with Gasteiger partial charge in [-0.1, -0.05) is 165 Å². The van der Waals surface area contributed by atoms with Crippen molar-refractivity contribution in [3.05, 3.63) is 186 Å². The van der Waals surface area contributed by atoms with Crippen molar-refractivity contribution in [2.45, 2.75) is 43.4 Å². The average Bonchev–Trinajstić information content (AvgIpc) is 3.86. The molecule has 0 spiro atoms. The molecule has 3 unspecified atom stereocenters. The lowest BCUT2D eigenvalue weighted by Crippen LogP contribution is -2.10. The van der Waals surface area contributed by atoms with Crippen molar-refractivity contribution in [3.8, 4) is 0 Å². The van der Waals surface area contributed by atoms with Gasteiger partial charge >= 0.3 is 0 Å². The van der Waals surface area contributed by atoms with Gasteiger partial charge in [-0.2, -0.15) is 10.0 Å². The van der Waals surface area contributed by atoms with Gasteiger partial charge in [0, 0.05) is 21.0 Å². The molecule has 0 N–H and O–H groups in total. The predicted octanol–water partition coefficient (Wildman–Crippen LogP) is 12.8. The molecule has 3 aliphatic rings. The van der Waals surface area contributed by atoms with Crippen LogP contribution in [0.2, 0.25) is 0 Å². The number of fused-ring (bicyclic) bond motifs is 2. The zero-order valence-electron chi connectivity index (χ0n) is 27.2.